The van der Waals surface area contributed by atoms with E-state index in [0.29, 0.717) is 17.4 Å². The first-order chi connectivity index (χ1) is 15.8. The smallest absolute Gasteiger partial charge is 0.236 e. The van der Waals surface area contributed by atoms with Crippen LogP contribution < -0.4 is 5.32 Å². The van der Waals surface area contributed by atoms with Crippen molar-refractivity contribution in [3.8, 4) is 5.69 Å². The van der Waals surface area contributed by atoms with Gasteiger partial charge in [0.2, 0.25) is 5.91 Å². The molecule has 0 fully saturated rings. The molecule has 0 saturated heterocycles. The van der Waals surface area contributed by atoms with E-state index in [2.05, 4.69) is 48.4 Å². The van der Waals surface area contributed by atoms with Gasteiger partial charge < -0.3 is 9.88 Å². The Labute approximate surface area is 198 Å². The van der Waals surface area contributed by atoms with Crippen molar-refractivity contribution in [1.29, 1.82) is 0 Å². The van der Waals surface area contributed by atoms with Gasteiger partial charge in [0.05, 0.1) is 17.1 Å². The molecule has 0 aliphatic rings. The van der Waals surface area contributed by atoms with Crippen molar-refractivity contribution >= 4 is 23.5 Å². The maximum absolute atomic E-state index is 12.8. The monoisotopic (exact) mass is 460 g/mol. The number of thioether (sulfide) groups is 1. The first kappa shape index (κ1) is 22.8. The fourth-order valence-corrected chi connectivity index (χ4v) is 4.04. The Hall–Kier alpha value is -3.39. The van der Waals surface area contributed by atoms with Crippen LogP contribution >= 0.6 is 11.8 Å². The molecule has 0 radical (unpaired) electrons. The molecule has 2 aromatic heterocycles. The van der Waals surface area contributed by atoms with Gasteiger partial charge in [-0.05, 0) is 17.7 Å². The van der Waals surface area contributed by atoms with Gasteiger partial charge in [-0.2, -0.15) is 5.10 Å². The Morgan fingerprint density at radius 3 is 2.33 bits per heavy atom. The molecule has 7 nitrogen and oxygen atoms in total. The lowest BCUT2D eigenvalue weighted by Crippen LogP contribution is -2.17. The Kier molecular flexibility index (Phi) is 6.65. The van der Waals surface area contributed by atoms with E-state index in [1.165, 1.54) is 17.3 Å². The largest absolute Gasteiger partial charge is 0.310 e. The zero-order valence-electron chi connectivity index (χ0n) is 19.3. The molecule has 0 aliphatic carbocycles. The molecule has 0 saturated carbocycles. The van der Waals surface area contributed by atoms with E-state index >= 15 is 0 Å². The molecule has 0 spiro atoms. The van der Waals surface area contributed by atoms with Crippen LogP contribution in [-0.4, -0.2) is 36.2 Å². The molecule has 170 valence electrons. The van der Waals surface area contributed by atoms with Gasteiger partial charge in [-0.25, -0.2) is 4.68 Å². The van der Waals surface area contributed by atoms with Crippen LogP contribution in [0, 0.1) is 0 Å². The SMILES string of the molecule is Cn1c(Cc2ccccc2)nnc1SCC(=O)Nc1cc(C(C)(C)C)nn1-c1ccccc1. The molecule has 1 N–H and O–H groups in total. The van der Waals surface area contributed by atoms with Gasteiger partial charge in [0.25, 0.3) is 0 Å². The number of nitrogens with one attached hydrogen (secondary N) is 1. The van der Waals surface area contributed by atoms with E-state index in [-0.39, 0.29) is 17.1 Å². The van der Waals surface area contributed by atoms with Crippen LogP contribution in [0.25, 0.3) is 5.69 Å². The number of carbonyl (C=O) groups is 1. The minimum atomic E-state index is -0.137. The van der Waals surface area contributed by atoms with Gasteiger partial charge in [0.15, 0.2) is 5.16 Å². The first-order valence-corrected chi connectivity index (χ1v) is 11.8. The third-order valence-electron chi connectivity index (χ3n) is 5.21. The summed E-state index contributed by atoms with van der Waals surface area (Å²) >= 11 is 1.37. The summed E-state index contributed by atoms with van der Waals surface area (Å²) in [7, 11) is 1.93. The highest BCUT2D eigenvalue weighted by molar-refractivity contribution is 7.99. The Morgan fingerprint density at radius 2 is 1.67 bits per heavy atom. The average molecular weight is 461 g/mol. The summed E-state index contributed by atoms with van der Waals surface area (Å²) in [5.41, 5.74) is 2.84. The maximum Gasteiger partial charge on any atom is 0.236 e. The summed E-state index contributed by atoms with van der Waals surface area (Å²) in [6.07, 6.45) is 0.697. The molecule has 0 unspecified atom stereocenters. The van der Waals surface area contributed by atoms with Crippen LogP contribution in [0.4, 0.5) is 5.82 Å². The molecular weight excluding hydrogens is 432 g/mol. The third-order valence-corrected chi connectivity index (χ3v) is 6.23. The number of anilines is 1. The van der Waals surface area contributed by atoms with Crippen LogP contribution in [0.5, 0.6) is 0 Å². The number of benzene rings is 2. The Balaban J connectivity index is 1.45. The predicted molar refractivity (Wildman–Crippen MR) is 132 cm³/mol. The molecule has 0 atom stereocenters. The van der Waals surface area contributed by atoms with Crippen LogP contribution in [0.15, 0.2) is 71.9 Å². The molecule has 1 amide bonds. The standard InChI is InChI=1S/C25H28N6OS/c1-25(2,3)20-16-21(31(29-20)19-13-9-6-10-14-19)26-23(32)17-33-24-28-27-22(30(24)4)15-18-11-7-5-8-12-18/h5-14,16H,15,17H2,1-4H3,(H,26,32). The number of hydrogen-bond acceptors (Lipinski definition) is 5. The first-order valence-electron chi connectivity index (χ1n) is 10.8. The van der Waals surface area contributed by atoms with Crippen molar-refractivity contribution in [1.82, 2.24) is 24.5 Å². The summed E-state index contributed by atoms with van der Waals surface area (Å²) in [5, 5.41) is 17.1. The summed E-state index contributed by atoms with van der Waals surface area (Å²) in [5.74, 6) is 1.62. The lowest BCUT2D eigenvalue weighted by Gasteiger charge is -2.14. The van der Waals surface area contributed by atoms with Gasteiger partial charge in [-0.1, -0.05) is 81.1 Å². The fraction of sp³-hybridized carbons (Fsp3) is 0.280. The van der Waals surface area contributed by atoms with Gasteiger partial charge in [0.1, 0.15) is 11.6 Å². The van der Waals surface area contributed by atoms with Gasteiger partial charge in [0, 0.05) is 24.9 Å². The number of carbonyl (C=O) groups excluding carboxylic acids is 1. The number of rotatable bonds is 7. The molecule has 33 heavy (non-hydrogen) atoms. The molecular formula is C25H28N6OS. The van der Waals surface area contributed by atoms with Crippen molar-refractivity contribution < 1.29 is 4.79 Å². The van der Waals surface area contributed by atoms with E-state index in [9.17, 15) is 4.79 Å². The van der Waals surface area contributed by atoms with Crippen LogP contribution in [-0.2, 0) is 23.7 Å². The van der Waals surface area contributed by atoms with Crippen molar-refractivity contribution in [3.05, 3.63) is 83.8 Å². The lowest BCUT2D eigenvalue weighted by molar-refractivity contribution is -0.113. The normalized spacial score (nSPS) is 11.5. The van der Waals surface area contributed by atoms with Gasteiger partial charge in [-0.15, -0.1) is 10.2 Å². The molecule has 0 bridgehead atoms. The van der Waals surface area contributed by atoms with Crippen molar-refractivity contribution in [2.75, 3.05) is 11.1 Å². The number of aromatic nitrogens is 5. The topological polar surface area (TPSA) is 77.6 Å². The second-order valence-electron chi connectivity index (χ2n) is 8.87. The minimum absolute atomic E-state index is 0.120. The van der Waals surface area contributed by atoms with E-state index in [0.717, 1.165) is 17.2 Å². The van der Waals surface area contributed by atoms with Crippen LogP contribution in [0.2, 0.25) is 0 Å². The quantitative estimate of drug-likeness (QED) is 0.407. The van der Waals surface area contributed by atoms with Crippen molar-refractivity contribution in [3.63, 3.8) is 0 Å². The van der Waals surface area contributed by atoms with E-state index in [4.69, 9.17) is 5.10 Å². The van der Waals surface area contributed by atoms with Crippen LogP contribution in [0.1, 0.15) is 37.9 Å². The zero-order valence-corrected chi connectivity index (χ0v) is 20.1. The minimum Gasteiger partial charge on any atom is -0.310 e. The number of nitrogens with zero attached hydrogens (tertiary/aromatic N) is 5. The average Bonchev–Trinajstić information content (AvgIpc) is 3.38. The number of hydrogen-bond donors (Lipinski definition) is 1. The van der Waals surface area contributed by atoms with Gasteiger partial charge >= 0.3 is 0 Å². The molecule has 8 heteroatoms. The summed E-state index contributed by atoms with van der Waals surface area (Å²) < 4.78 is 3.72. The fourth-order valence-electron chi connectivity index (χ4n) is 3.31. The molecule has 4 aromatic rings. The highest BCUT2D eigenvalue weighted by Gasteiger charge is 2.22. The zero-order chi connectivity index (χ0) is 23.4. The van der Waals surface area contributed by atoms with E-state index in [1.807, 2.05) is 66.2 Å². The second kappa shape index (κ2) is 9.62. The summed E-state index contributed by atoms with van der Waals surface area (Å²) in [4.78, 5) is 12.8. The summed E-state index contributed by atoms with van der Waals surface area (Å²) in [6.45, 7) is 6.31. The van der Waals surface area contributed by atoms with Gasteiger partial charge in [-0.3, -0.25) is 4.79 Å². The molecule has 2 heterocycles. The van der Waals surface area contributed by atoms with Crippen molar-refractivity contribution in [2.45, 2.75) is 37.8 Å². The highest BCUT2D eigenvalue weighted by atomic mass is 32.2. The van der Waals surface area contributed by atoms with E-state index < -0.39 is 0 Å². The van der Waals surface area contributed by atoms with Crippen molar-refractivity contribution in [2.24, 2.45) is 7.05 Å². The molecule has 4 rings (SSSR count). The Morgan fingerprint density at radius 1 is 1.00 bits per heavy atom. The molecule has 2 aromatic carbocycles. The second-order valence-corrected chi connectivity index (χ2v) is 9.81. The lowest BCUT2D eigenvalue weighted by atomic mass is 9.92. The molecule has 0 aliphatic heterocycles. The number of para-hydroxylation sites is 1. The third kappa shape index (κ3) is 5.51. The predicted octanol–water partition coefficient (Wildman–Crippen LogP) is 4.62. The highest BCUT2D eigenvalue weighted by Crippen LogP contribution is 2.26. The Bertz CT molecular complexity index is 1230. The number of amides is 1. The summed E-state index contributed by atoms with van der Waals surface area (Å²) in [6, 6.07) is 21.9. The van der Waals surface area contributed by atoms with E-state index in [1.54, 1.807) is 4.68 Å². The van der Waals surface area contributed by atoms with Crippen LogP contribution in [0.3, 0.4) is 0 Å². The maximum atomic E-state index is 12.8.